The number of carbonyl (C=O) groups excluding carboxylic acids is 3. The standard InChI is InChI=1S/C18H18O7/c1-24-12-9-11-5-4-7-14(20)17(22)13(19)6-2-3-8-25-18(23)16(11)15(21)10-12/h2,4-6,9-10,17,21-22H,3,7-8H2,1H3/b5-4+,6-2-/t17-/m1/s1. The monoisotopic (exact) mass is 346 g/mol. The lowest BCUT2D eigenvalue weighted by Gasteiger charge is -2.11. The van der Waals surface area contributed by atoms with Crippen LogP contribution in [0.15, 0.2) is 30.4 Å². The zero-order chi connectivity index (χ0) is 18.4. The number of aromatic hydroxyl groups is 1. The molecule has 0 amide bonds. The molecule has 25 heavy (non-hydrogen) atoms. The van der Waals surface area contributed by atoms with Crippen molar-refractivity contribution in [1.82, 2.24) is 0 Å². The van der Waals surface area contributed by atoms with Crippen LogP contribution in [0.4, 0.5) is 0 Å². The summed E-state index contributed by atoms with van der Waals surface area (Å²) < 4.78 is 10.1. The third kappa shape index (κ3) is 4.54. The van der Waals surface area contributed by atoms with Gasteiger partial charge in [-0.25, -0.2) is 4.79 Å². The second-order valence-electron chi connectivity index (χ2n) is 5.32. The number of allylic oxidation sites excluding steroid dienone is 1. The fourth-order valence-electron chi connectivity index (χ4n) is 2.25. The predicted molar refractivity (Wildman–Crippen MR) is 88.4 cm³/mol. The Hall–Kier alpha value is -2.93. The van der Waals surface area contributed by atoms with Crippen molar-refractivity contribution in [3.8, 4) is 11.5 Å². The molecule has 0 unspecified atom stereocenters. The van der Waals surface area contributed by atoms with Crippen LogP contribution in [0.3, 0.4) is 0 Å². The second kappa shape index (κ2) is 8.25. The first-order chi connectivity index (χ1) is 11.9. The molecule has 0 aliphatic carbocycles. The molecule has 0 fully saturated rings. The van der Waals surface area contributed by atoms with E-state index in [2.05, 4.69) is 0 Å². The van der Waals surface area contributed by atoms with E-state index in [0.29, 0.717) is 11.3 Å². The fourth-order valence-corrected chi connectivity index (χ4v) is 2.25. The number of cyclic esters (lactones) is 1. The zero-order valence-electron chi connectivity index (χ0n) is 13.6. The van der Waals surface area contributed by atoms with E-state index in [-0.39, 0.29) is 30.8 Å². The van der Waals surface area contributed by atoms with Crippen LogP contribution in [-0.4, -0.2) is 47.6 Å². The third-order valence-electron chi connectivity index (χ3n) is 3.55. The first kappa shape index (κ1) is 18.4. The number of aliphatic hydroxyl groups excluding tert-OH is 1. The molecule has 1 aliphatic rings. The number of esters is 1. The molecule has 1 aromatic rings. The van der Waals surface area contributed by atoms with Gasteiger partial charge in [-0.15, -0.1) is 0 Å². The van der Waals surface area contributed by atoms with E-state index < -0.39 is 23.6 Å². The number of benzene rings is 1. The highest BCUT2D eigenvalue weighted by atomic mass is 16.5. The van der Waals surface area contributed by atoms with Crippen LogP contribution in [-0.2, 0) is 14.3 Å². The lowest BCUT2D eigenvalue weighted by molar-refractivity contribution is -0.135. The lowest BCUT2D eigenvalue weighted by Crippen LogP contribution is -2.28. The van der Waals surface area contributed by atoms with Crippen LogP contribution >= 0.6 is 0 Å². The average molecular weight is 346 g/mol. The number of rotatable bonds is 1. The van der Waals surface area contributed by atoms with Crippen molar-refractivity contribution >= 4 is 23.6 Å². The number of ether oxygens (including phenoxy) is 2. The normalized spacial score (nSPS) is 21.7. The SMILES string of the molecule is COc1cc(O)c2c(c1)/C=C/CC(=O)[C@H](O)C(=O)/C=C\CCOC2=O. The Morgan fingerprint density at radius 2 is 1.92 bits per heavy atom. The summed E-state index contributed by atoms with van der Waals surface area (Å²) in [6.45, 7) is -0.0265. The number of carbonyl (C=O) groups is 3. The maximum atomic E-state index is 12.2. The van der Waals surface area contributed by atoms with Gasteiger partial charge < -0.3 is 19.7 Å². The van der Waals surface area contributed by atoms with Gasteiger partial charge >= 0.3 is 5.97 Å². The summed E-state index contributed by atoms with van der Waals surface area (Å²) in [6.07, 6.45) is 3.58. The van der Waals surface area contributed by atoms with E-state index in [4.69, 9.17) is 9.47 Å². The van der Waals surface area contributed by atoms with Crippen LogP contribution in [0.1, 0.15) is 28.8 Å². The maximum absolute atomic E-state index is 12.2. The molecule has 1 atom stereocenters. The minimum atomic E-state index is -1.73. The maximum Gasteiger partial charge on any atom is 0.342 e. The molecule has 1 aromatic carbocycles. The highest BCUT2D eigenvalue weighted by Gasteiger charge is 2.21. The smallest absolute Gasteiger partial charge is 0.342 e. The summed E-state index contributed by atoms with van der Waals surface area (Å²) in [6, 6.07) is 2.79. The molecular weight excluding hydrogens is 328 g/mol. The molecule has 2 rings (SSSR count). The molecule has 132 valence electrons. The van der Waals surface area contributed by atoms with E-state index >= 15 is 0 Å². The Labute approximate surface area is 144 Å². The number of hydrogen-bond acceptors (Lipinski definition) is 7. The van der Waals surface area contributed by atoms with Crippen molar-refractivity contribution in [2.24, 2.45) is 0 Å². The Bertz CT molecular complexity index is 746. The lowest BCUT2D eigenvalue weighted by atomic mass is 10.0. The van der Waals surface area contributed by atoms with Crippen molar-refractivity contribution in [2.45, 2.75) is 18.9 Å². The Balaban J connectivity index is 2.42. The molecule has 0 bridgehead atoms. The number of hydrogen-bond donors (Lipinski definition) is 2. The van der Waals surface area contributed by atoms with Crippen molar-refractivity contribution in [1.29, 1.82) is 0 Å². The van der Waals surface area contributed by atoms with E-state index in [0.717, 1.165) is 6.08 Å². The van der Waals surface area contributed by atoms with Gasteiger partial charge in [0.15, 0.2) is 17.7 Å². The second-order valence-corrected chi connectivity index (χ2v) is 5.32. The number of phenolic OH excluding ortho intramolecular Hbond substituents is 1. The molecule has 0 saturated carbocycles. The van der Waals surface area contributed by atoms with E-state index in [1.165, 1.54) is 37.5 Å². The molecule has 0 aromatic heterocycles. The number of phenols is 1. The summed E-state index contributed by atoms with van der Waals surface area (Å²) in [5.41, 5.74) is 0.241. The molecule has 1 heterocycles. The molecule has 2 N–H and O–H groups in total. The fraction of sp³-hybridized carbons (Fsp3) is 0.278. The highest BCUT2D eigenvalue weighted by Crippen LogP contribution is 2.29. The van der Waals surface area contributed by atoms with Crippen LogP contribution in [0.5, 0.6) is 11.5 Å². The number of fused-ring (bicyclic) bond motifs is 1. The summed E-state index contributed by atoms with van der Waals surface area (Å²) >= 11 is 0. The summed E-state index contributed by atoms with van der Waals surface area (Å²) in [5, 5.41) is 19.8. The van der Waals surface area contributed by atoms with Gasteiger partial charge in [-0.3, -0.25) is 9.59 Å². The third-order valence-corrected chi connectivity index (χ3v) is 3.55. The zero-order valence-corrected chi connectivity index (χ0v) is 13.6. The van der Waals surface area contributed by atoms with Gasteiger partial charge in [-0.1, -0.05) is 18.2 Å². The minimum Gasteiger partial charge on any atom is -0.507 e. The minimum absolute atomic E-state index is 0.0265. The van der Waals surface area contributed by atoms with Gasteiger partial charge in [0.05, 0.1) is 13.7 Å². The number of aliphatic hydroxyl groups is 1. The topological polar surface area (TPSA) is 110 Å². The van der Waals surface area contributed by atoms with Crippen LogP contribution < -0.4 is 4.74 Å². The summed E-state index contributed by atoms with van der Waals surface area (Å²) in [4.78, 5) is 35.7. The molecule has 0 spiro atoms. The Morgan fingerprint density at radius 3 is 2.64 bits per heavy atom. The number of methoxy groups -OCH3 is 1. The van der Waals surface area contributed by atoms with Gasteiger partial charge in [0.2, 0.25) is 0 Å². The van der Waals surface area contributed by atoms with E-state index in [9.17, 15) is 24.6 Å². The van der Waals surface area contributed by atoms with Crippen molar-refractivity contribution < 1.29 is 34.1 Å². The van der Waals surface area contributed by atoms with Crippen LogP contribution in [0.2, 0.25) is 0 Å². The van der Waals surface area contributed by atoms with Crippen molar-refractivity contribution in [3.63, 3.8) is 0 Å². The molecule has 0 radical (unpaired) electrons. The average Bonchev–Trinajstić information content (AvgIpc) is 2.59. The van der Waals surface area contributed by atoms with Crippen molar-refractivity contribution in [2.75, 3.05) is 13.7 Å². The quantitative estimate of drug-likeness (QED) is 0.584. The summed E-state index contributed by atoms with van der Waals surface area (Å²) in [7, 11) is 1.41. The number of ketones is 2. The Morgan fingerprint density at radius 1 is 1.16 bits per heavy atom. The molecule has 0 saturated heterocycles. The van der Waals surface area contributed by atoms with E-state index in [1.807, 2.05) is 0 Å². The Kier molecular flexibility index (Phi) is 6.08. The molecular formula is C18H18O7. The molecule has 7 nitrogen and oxygen atoms in total. The van der Waals surface area contributed by atoms with Crippen LogP contribution in [0, 0.1) is 0 Å². The van der Waals surface area contributed by atoms with Gasteiger partial charge in [-0.2, -0.15) is 0 Å². The highest BCUT2D eigenvalue weighted by molar-refractivity contribution is 6.10. The first-order valence-corrected chi connectivity index (χ1v) is 7.60. The first-order valence-electron chi connectivity index (χ1n) is 7.60. The van der Waals surface area contributed by atoms with Gasteiger partial charge in [0, 0.05) is 12.5 Å². The van der Waals surface area contributed by atoms with E-state index in [1.54, 1.807) is 0 Å². The van der Waals surface area contributed by atoms with Gasteiger partial charge in [0.25, 0.3) is 0 Å². The number of Topliss-reactive ketones (excluding diaryl/α,β-unsaturated/α-hetero) is 1. The van der Waals surface area contributed by atoms with Crippen LogP contribution in [0.25, 0.3) is 6.08 Å². The largest absolute Gasteiger partial charge is 0.507 e. The van der Waals surface area contributed by atoms with Gasteiger partial charge in [0.1, 0.15) is 17.1 Å². The molecule has 7 heteroatoms. The molecule has 1 aliphatic heterocycles. The van der Waals surface area contributed by atoms with Gasteiger partial charge in [-0.05, 0) is 24.1 Å². The summed E-state index contributed by atoms with van der Waals surface area (Å²) in [5.74, 6) is -2.11. The van der Waals surface area contributed by atoms with Crippen molar-refractivity contribution in [3.05, 3.63) is 41.5 Å². The predicted octanol–water partition coefficient (Wildman–Crippen LogP) is 1.42.